The van der Waals surface area contributed by atoms with Gasteiger partial charge in [0.15, 0.2) is 0 Å². The molecule has 3 rings (SSSR count). The van der Waals surface area contributed by atoms with Crippen molar-refractivity contribution in [2.75, 3.05) is 6.54 Å². The molecular weight excluding hydrogens is 351 g/mol. The number of thioether (sulfide) groups is 1. The van der Waals surface area contributed by atoms with E-state index in [1.807, 2.05) is 61.5 Å². The molecule has 0 saturated carbocycles. The highest BCUT2D eigenvalue weighted by Gasteiger charge is 2.45. The molecule has 1 heterocycles. The number of rotatable bonds is 6. The van der Waals surface area contributed by atoms with Gasteiger partial charge in [-0.25, -0.2) is 4.39 Å². The number of aryl methyl sites for hydroxylation is 1. The second-order valence-corrected chi connectivity index (χ2v) is 7.66. The molecule has 1 aliphatic heterocycles. The van der Waals surface area contributed by atoms with E-state index in [0.717, 1.165) is 10.5 Å². The Morgan fingerprint density at radius 1 is 1.12 bits per heavy atom. The van der Waals surface area contributed by atoms with E-state index in [1.165, 1.54) is 17.3 Å². The van der Waals surface area contributed by atoms with Crippen LogP contribution in [0.2, 0.25) is 0 Å². The first-order valence-electron chi connectivity index (χ1n) is 8.72. The topological polar surface area (TPSA) is 70.5 Å². The van der Waals surface area contributed by atoms with Crippen LogP contribution in [0.15, 0.2) is 59.5 Å². The standard InChI is InChI=1S/C20H25FN2O2S/c1-13-7-9-15(10-8-13)26-20-18(23)17(21)19(16(11-22)25-20)24-12-14-5-3-2-4-6-14/h2-10,16-20H,11-12,22-23H2,1H3. The maximum atomic E-state index is 15.0. The maximum Gasteiger partial charge on any atom is 0.147 e. The van der Waals surface area contributed by atoms with Crippen LogP contribution in [0, 0.1) is 6.92 Å². The molecule has 1 aliphatic rings. The van der Waals surface area contributed by atoms with E-state index in [2.05, 4.69) is 0 Å². The van der Waals surface area contributed by atoms with Crippen LogP contribution in [-0.2, 0) is 16.1 Å². The smallest absolute Gasteiger partial charge is 0.147 e. The third-order valence-corrected chi connectivity index (χ3v) is 5.66. The molecule has 1 fully saturated rings. The van der Waals surface area contributed by atoms with Crippen LogP contribution < -0.4 is 11.5 Å². The minimum atomic E-state index is -1.34. The molecule has 26 heavy (non-hydrogen) atoms. The Labute approximate surface area is 158 Å². The maximum absolute atomic E-state index is 15.0. The van der Waals surface area contributed by atoms with E-state index in [0.29, 0.717) is 6.61 Å². The van der Waals surface area contributed by atoms with Gasteiger partial charge in [0, 0.05) is 11.4 Å². The van der Waals surface area contributed by atoms with E-state index in [-0.39, 0.29) is 6.54 Å². The fraction of sp³-hybridized carbons (Fsp3) is 0.400. The molecule has 0 aromatic heterocycles. The first kappa shape index (κ1) is 19.3. The summed E-state index contributed by atoms with van der Waals surface area (Å²) in [4.78, 5) is 0.989. The van der Waals surface area contributed by atoms with Gasteiger partial charge in [0.1, 0.15) is 23.8 Å². The zero-order valence-electron chi connectivity index (χ0n) is 14.8. The van der Waals surface area contributed by atoms with Gasteiger partial charge in [0.2, 0.25) is 0 Å². The van der Waals surface area contributed by atoms with E-state index >= 15 is 0 Å². The third kappa shape index (κ3) is 4.64. The Morgan fingerprint density at radius 2 is 1.81 bits per heavy atom. The number of alkyl halides is 1. The Bertz CT molecular complexity index is 684. The fourth-order valence-corrected chi connectivity index (χ4v) is 3.99. The van der Waals surface area contributed by atoms with Gasteiger partial charge in [-0.05, 0) is 24.6 Å². The second-order valence-electron chi connectivity index (χ2n) is 6.49. The molecule has 4 nitrogen and oxygen atoms in total. The lowest BCUT2D eigenvalue weighted by molar-refractivity contribution is -0.157. The molecule has 5 atom stereocenters. The number of ether oxygens (including phenoxy) is 2. The quantitative estimate of drug-likeness (QED) is 0.811. The van der Waals surface area contributed by atoms with Crippen molar-refractivity contribution in [3.05, 3.63) is 65.7 Å². The van der Waals surface area contributed by atoms with Gasteiger partial charge >= 0.3 is 0 Å². The minimum Gasteiger partial charge on any atom is -0.368 e. The summed E-state index contributed by atoms with van der Waals surface area (Å²) in [6, 6.07) is 16.8. The van der Waals surface area contributed by atoms with Crippen molar-refractivity contribution in [1.82, 2.24) is 0 Å². The molecule has 0 amide bonds. The SMILES string of the molecule is Cc1ccc(SC2OC(CN)C(OCc3ccccc3)C(F)C2N)cc1. The Kier molecular flexibility index (Phi) is 6.67. The number of hydrogen-bond donors (Lipinski definition) is 2. The number of hydrogen-bond acceptors (Lipinski definition) is 5. The van der Waals surface area contributed by atoms with Crippen molar-refractivity contribution < 1.29 is 13.9 Å². The van der Waals surface area contributed by atoms with Crippen molar-refractivity contribution in [3.8, 4) is 0 Å². The molecule has 0 spiro atoms. The Hall–Kier alpha value is -1.44. The molecule has 2 aromatic carbocycles. The van der Waals surface area contributed by atoms with E-state index in [4.69, 9.17) is 20.9 Å². The average Bonchev–Trinajstić information content (AvgIpc) is 2.67. The van der Waals surface area contributed by atoms with Crippen molar-refractivity contribution in [3.63, 3.8) is 0 Å². The van der Waals surface area contributed by atoms with Crippen LogP contribution in [0.1, 0.15) is 11.1 Å². The highest BCUT2D eigenvalue weighted by Crippen LogP contribution is 2.34. The third-order valence-electron chi connectivity index (χ3n) is 4.46. The van der Waals surface area contributed by atoms with Gasteiger partial charge in [-0.3, -0.25) is 0 Å². The predicted molar refractivity (Wildman–Crippen MR) is 103 cm³/mol. The van der Waals surface area contributed by atoms with Crippen molar-refractivity contribution in [2.45, 2.75) is 48.3 Å². The largest absolute Gasteiger partial charge is 0.368 e. The molecule has 5 unspecified atom stereocenters. The summed E-state index contributed by atoms with van der Waals surface area (Å²) in [6.45, 7) is 2.50. The van der Waals surface area contributed by atoms with Crippen LogP contribution in [0.25, 0.3) is 0 Å². The predicted octanol–water partition coefficient (Wildman–Crippen LogP) is 3.02. The monoisotopic (exact) mass is 376 g/mol. The summed E-state index contributed by atoms with van der Waals surface area (Å²) in [6.07, 6.45) is -2.65. The lowest BCUT2D eigenvalue weighted by Gasteiger charge is -2.41. The van der Waals surface area contributed by atoms with Crippen LogP contribution >= 0.6 is 11.8 Å². The summed E-state index contributed by atoms with van der Waals surface area (Å²) < 4.78 is 26.8. The summed E-state index contributed by atoms with van der Waals surface area (Å²) in [5.74, 6) is 0. The zero-order valence-corrected chi connectivity index (χ0v) is 15.6. The first-order chi connectivity index (χ1) is 12.6. The van der Waals surface area contributed by atoms with Crippen molar-refractivity contribution in [2.24, 2.45) is 11.5 Å². The van der Waals surface area contributed by atoms with E-state index < -0.39 is 29.9 Å². The van der Waals surface area contributed by atoms with Crippen LogP contribution in [0.3, 0.4) is 0 Å². The lowest BCUT2D eigenvalue weighted by Crippen LogP contribution is -2.60. The van der Waals surface area contributed by atoms with Gasteiger partial charge in [-0.1, -0.05) is 59.8 Å². The van der Waals surface area contributed by atoms with Gasteiger partial charge in [0.05, 0.1) is 12.6 Å². The fourth-order valence-electron chi connectivity index (χ4n) is 2.93. The van der Waals surface area contributed by atoms with Gasteiger partial charge in [0.25, 0.3) is 0 Å². The summed E-state index contributed by atoms with van der Waals surface area (Å²) in [5, 5.41) is 0. The average molecular weight is 376 g/mol. The summed E-state index contributed by atoms with van der Waals surface area (Å²) >= 11 is 1.42. The molecule has 4 N–H and O–H groups in total. The van der Waals surface area contributed by atoms with Crippen LogP contribution in [0.5, 0.6) is 0 Å². The number of benzene rings is 2. The number of nitrogens with two attached hydrogens (primary N) is 2. The summed E-state index contributed by atoms with van der Waals surface area (Å²) in [7, 11) is 0. The molecule has 2 aromatic rings. The van der Waals surface area contributed by atoms with Gasteiger partial charge in [-0.15, -0.1) is 0 Å². The van der Waals surface area contributed by atoms with Crippen molar-refractivity contribution >= 4 is 11.8 Å². The van der Waals surface area contributed by atoms with Gasteiger partial charge < -0.3 is 20.9 Å². The second kappa shape index (κ2) is 8.97. The highest BCUT2D eigenvalue weighted by atomic mass is 32.2. The zero-order chi connectivity index (χ0) is 18.5. The molecule has 1 saturated heterocycles. The molecule has 0 aliphatic carbocycles. The Morgan fingerprint density at radius 3 is 2.46 bits per heavy atom. The molecule has 6 heteroatoms. The summed E-state index contributed by atoms with van der Waals surface area (Å²) in [5.41, 5.74) is 13.6. The molecule has 0 radical (unpaired) electrons. The highest BCUT2D eigenvalue weighted by molar-refractivity contribution is 7.99. The van der Waals surface area contributed by atoms with Crippen LogP contribution in [0.4, 0.5) is 4.39 Å². The van der Waals surface area contributed by atoms with E-state index in [9.17, 15) is 4.39 Å². The molecular formula is C20H25FN2O2S. The molecule has 0 bridgehead atoms. The first-order valence-corrected chi connectivity index (χ1v) is 9.60. The molecule has 140 valence electrons. The minimum absolute atomic E-state index is 0.178. The normalized spacial score (nSPS) is 28.8. The van der Waals surface area contributed by atoms with E-state index in [1.54, 1.807) is 0 Å². The number of halogens is 1. The lowest BCUT2D eigenvalue weighted by atomic mass is 9.99. The van der Waals surface area contributed by atoms with Gasteiger partial charge in [-0.2, -0.15) is 0 Å². The van der Waals surface area contributed by atoms with Crippen molar-refractivity contribution in [1.29, 1.82) is 0 Å². The Balaban J connectivity index is 1.65. The van der Waals surface area contributed by atoms with Crippen LogP contribution in [-0.4, -0.2) is 36.4 Å².